The average molecular weight is 235 g/mol. The molecule has 3 N–H and O–H groups in total. The smallest absolute Gasteiger partial charge is 0.148 e. The van der Waals surface area contributed by atoms with Gasteiger partial charge in [0.25, 0.3) is 0 Å². The maximum absolute atomic E-state index is 7.92. The van der Waals surface area contributed by atoms with Gasteiger partial charge in [0.05, 0.1) is 5.71 Å². The summed E-state index contributed by atoms with van der Waals surface area (Å²) in [4.78, 5) is -0.690. The van der Waals surface area contributed by atoms with Crippen LogP contribution in [-0.4, -0.2) is 15.8 Å². The molecule has 0 saturated carbocycles. The third-order valence-electron chi connectivity index (χ3n) is 1.27. The lowest BCUT2D eigenvalue weighted by atomic mass is 10.3. The highest BCUT2D eigenvalue weighted by Crippen LogP contribution is 2.02. The van der Waals surface area contributed by atoms with Crippen molar-refractivity contribution in [2.45, 2.75) is 11.8 Å². The largest absolute Gasteiger partial charge is 0.411 e. The first kappa shape index (κ1) is 13.1. The molecule has 14 heavy (non-hydrogen) atoms. The number of rotatable bonds is 1. The summed E-state index contributed by atoms with van der Waals surface area (Å²) < 4.78 is 0. The number of hydrogen-bond acceptors (Lipinski definition) is 3. The second-order valence-electron chi connectivity index (χ2n) is 2.45. The quantitative estimate of drug-likeness (QED) is 0.258. The van der Waals surface area contributed by atoms with Crippen LogP contribution in [0, 0.1) is 0 Å². The van der Waals surface area contributed by atoms with Gasteiger partial charge in [0.1, 0.15) is 4.84 Å². The van der Waals surface area contributed by atoms with Crippen molar-refractivity contribution in [3.63, 3.8) is 0 Å². The van der Waals surface area contributed by atoms with Crippen LogP contribution in [0.3, 0.4) is 0 Å². The molecule has 1 rings (SSSR count). The zero-order chi connectivity index (χ0) is 11.0. The maximum atomic E-state index is 7.92. The van der Waals surface area contributed by atoms with Gasteiger partial charge in [-0.25, -0.2) is 0 Å². The van der Waals surface area contributed by atoms with Crippen molar-refractivity contribution in [1.29, 1.82) is 0 Å². The van der Waals surface area contributed by atoms with Crippen molar-refractivity contribution in [1.82, 2.24) is 0 Å². The van der Waals surface area contributed by atoms with Crippen LogP contribution < -0.4 is 5.73 Å². The molecule has 0 bridgehead atoms. The molecule has 0 aromatic heterocycles. The van der Waals surface area contributed by atoms with Gasteiger partial charge in [0, 0.05) is 5.69 Å². The molecule has 5 heteroatoms. The molecule has 0 radical (unpaired) electrons. The van der Waals surface area contributed by atoms with Gasteiger partial charge in [0.15, 0.2) is 0 Å². The van der Waals surface area contributed by atoms with E-state index >= 15 is 0 Å². The molecule has 0 fully saturated rings. The Morgan fingerprint density at radius 3 is 2.00 bits per heavy atom. The molecule has 0 spiro atoms. The van der Waals surface area contributed by atoms with E-state index in [1.165, 1.54) is 6.92 Å². The number of nitrogens with two attached hydrogens (primary N) is 1. The Kier molecular flexibility index (Phi) is 6.98. The van der Waals surface area contributed by atoms with E-state index in [4.69, 9.17) is 34.1 Å². The summed E-state index contributed by atoms with van der Waals surface area (Å²) in [6, 6.07) is 9.49. The number of anilines is 1. The molecule has 0 unspecified atom stereocenters. The van der Waals surface area contributed by atoms with E-state index in [2.05, 4.69) is 5.16 Å². The monoisotopic (exact) mass is 234 g/mol. The molecule has 0 atom stereocenters. The number of oxime groups is 1. The third-order valence-corrected chi connectivity index (χ3v) is 1.90. The van der Waals surface area contributed by atoms with Gasteiger partial charge in [-0.2, -0.15) is 0 Å². The predicted octanol–water partition coefficient (Wildman–Crippen LogP) is 2.91. The first-order valence-electron chi connectivity index (χ1n) is 3.85. The Morgan fingerprint density at radius 2 is 1.86 bits per heavy atom. The number of nitrogens with zero attached hydrogens (tertiary/aromatic N) is 1. The molecule has 1 aromatic rings. The lowest BCUT2D eigenvalue weighted by Gasteiger charge is -1.91. The minimum atomic E-state index is -0.690. The first-order valence-corrected chi connectivity index (χ1v) is 4.72. The molecule has 0 heterocycles. The average Bonchev–Trinajstić information content (AvgIpc) is 2.18. The summed E-state index contributed by atoms with van der Waals surface area (Å²) in [5.41, 5.74) is 6.49. The van der Waals surface area contributed by atoms with Gasteiger partial charge >= 0.3 is 0 Å². The van der Waals surface area contributed by atoms with Crippen molar-refractivity contribution in [3.05, 3.63) is 30.3 Å². The topological polar surface area (TPSA) is 58.6 Å². The zero-order valence-corrected chi connectivity index (χ0v) is 9.20. The van der Waals surface area contributed by atoms with E-state index in [0.717, 1.165) is 5.69 Å². The number of nitrogen functional groups attached to an aromatic ring is 1. The van der Waals surface area contributed by atoms with E-state index in [9.17, 15) is 0 Å². The molecular weight excluding hydrogens is 223 g/mol. The highest BCUT2D eigenvalue weighted by Gasteiger charge is 2.00. The van der Waals surface area contributed by atoms with Crippen molar-refractivity contribution in [3.8, 4) is 0 Å². The normalized spacial score (nSPS) is 10.7. The molecule has 3 nitrogen and oxygen atoms in total. The fourth-order valence-electron chi connectivity index (χ4n) is 0.497. The van der Waals surface area contributed by atoms with Crippen molar-refractivity contribution >= 4 is 34.6 Å². The minimum Gasteiger partial charge on any atom is -0.411 e. The van der Waals surface area contributed by atoms with Gasteiger partial charge in [0.2, 0.25) is 0 Å². The predicted molar refractivity (Wildman–Crippen MR) is 61.2 cm³/mol. The Balaban J connectivity index is 0.000000241. The highest BCUT2D eigenvalue weighted by atomic mass is 35.5. The number of para-hydroxylation sites is 1. The van der Waals surface area contributed by atoms with E-state index < -0.39 is 4.84 Å². The van der Waals surface area contributed by atoms with Crippen LogP contribution in [0.5, 0.6) is 0 Å². The molecule has 78 valence electrons. The van der Waals surface area contributed by atoms with E-state index in [1.54, 1.807) is 0 Å². The van der Waals surface area contributed by atoms with Gasteiger partial charge in [-0.1, -0.05) is 46.6 Å². The second kappa shape index (κ2) is 7.47. The number of alkyl halides is 2. The lowest BCUT2D eigenvalue weighted by molar-refractivity contribution is 0.318. The van der Waals surface area contributed by atoms with Crippen molar-refractivity contribution < 1.29 is 5.21 Å². The van der Waals surface area contributed by atoms with Crippen LogP contribution >= 0.6 is 23.2 Å². The van der Waals surface area contributed by atoms with Crippen molar-refractivity contribution in [2.24, 2.45) is 5.16 Å². The molecule has 0 saturated heterocycles. The summed E-state index contributed by atoms with van der Waals surface area (Å²) in [6.45, 7) is 1.53. The minimum absolute atomic E-state index is 0.309. The molecular formula is C9H12Cl2N2O. The fourth-order valence-corrected chi connectivity index (χ4v) is 0.584. The first-order chi connectivity index (χ1) is 6.57. The maximum Gasteiger partial charge on any atom is 0.148 e. The Morgan fingerprint density at radius 1 is 1.36 bits per heavy atom. The van der Waals surface area contributed by atoms with Gasteiger partial charge in [-0.05, 0) is 19.1 Å². The van der Waals surface area contributed by atoms with Gasteiger partial charge in [-0.3, -0.25) is 0 Å². The molecule has 0 amide bonds. The lowest BCUT2D eigenvalue weighted by Crippen LogP contribution is -2.00. The van der Waals surface area contributed by atoms with E-state index in [1.807, 2.05) is 30.3 Å². The Bertz CT molecular complexity index is 275. The molecule has 0 aliphatic heterocycles. The molecule has 1 aromatic carbocycles. The SMILES string of the molecule is CC(=NO)C(Cl)Cl.Nc1ccccc1. The summed E-state index contributed by atoms with van der Waals surface area (Å²) in [6.07, 6.45) is 0. The number of hydrogen-bond donors (Lipinski definition) is 2. The Hall–Kier alpha value is -0.930. The highest BCUT2D eigenvalue weighted by molar-refractivity contribution is 6.54. The number of benzene rings is 1. The van der Waals surface area contributed by atoms with E-state index in [-0.39, 0.29) is 0 Å². The van der Waals surface area contributed by atoms with Crippen LogP contribution in [0.1, 0.15) is 6.92 Å². The van der Waals surface area contributed by atoms with Crippen molar-refractivity contribution in [2.75, 3.05) is 5.73 Å². The van der Waals surface area contributed by atoms with E-state index in [0.29, 0.717) is 5.71 Å². The van der Waals surface area contributed by atoms with Gasteiger partial charge in [-0.15, -0.1) is 0 Å². The fraction of sp³-hybridized carbons (Fsp3) is 0.222. The molecule has 0 aliphatic carbocycles. The summed E-state index contributed by atoms with van der Waals surface area (Å²) in [5.74, 6) is 0. The summed E-state index contributed by atoms with van der Waals surface area (Å²) in [7, 11) is 0. The van der Waals surface area contributed by atoms with Crippen LogP contribution in [0.2, 0.25) is 0 Å². The third kappa shape index (κ3) is 6.57. The van der Waals surface area contributed by atoms with Crippen LogP contribution in [0.4, 0.5) is 5.69 Å². The zero-order valence-electron chi connectivity index (χ0n) is 7.69. The summed E-state index contributed by atoms with van der Waals surface area (Å²) in [5, 5.41) is 10.7. The van der Waals surface area contributed by atoms with Crippen LogP contribution in [0.15, 0.2) is 35.5 Å². The Labute approximate surface area is 93.1 Å². The molecule has 0 aliphatic rings. The van der Waals surface area contributed by atoms with Crippen LogP contribution in [0.25, 0.3) is 0 Å². The summed E-state index contributed by atoms with van der Waals surface area (Å²) >= 11 is 10.4. The second-order valence-corrected chi connectivity index (χ2v) is 3.55. The standard InChI is InChI=1S/C6H7N.C3H5Cl2NO/c7-6-4-2-1-3-5-6;1-2(6-7)3(4)5/h1-5H,7H2;3,7H,1H3. The number of halogens is 2. The van der Waals surface area contributed by atoms with Gasteiger partial charge < -0.3 is 10.9 Å². The van der Waals surface area contributed by atoms with Crippen LogP contribution in [-0.2, 0) is 0 Å².